The molecule has 1 unspecified atom stereocenters. The molecule has 0 N–H and O–H groups in total. The van der Waals surface area contributed by atoms with Crippen molar-refractivity contribution in [3.63, 3.8) is 0 Å². The summed E-state index contributed by atoms with van der Waals surface area (Å²) in [6, 6.07) is 5.20. The Balaban J connectivity index is 2.89. The van der Waals surface area contributed by atoms with Gasteiger partial charge in [0, 0.05) is 19.6 Å². The molecule has 29 heavy (non-hydrogen) atoms. The van der Waals surface area contributed by atoms with Crippen LogP contribution in [0.3, 0.4) is 0 Å². The second-order valence-electron chi connectivity index (χ2n) is 7.73. The summed E-state index contributed by atoms with van der Waals surface area (Å²) in [5.41, 5.74) is 0.793. The number of benzene rings is 1. The summed E-state index contributed by atoms with van der Waals surface area (Å²) in [7, 11) is 9.30. The van der Waals surface area contributed by atoms with E-state index in [2.05, 4.69) is 4.90 Å². The number of carbonyl (C=O) groups excluding carboxylic acids is 2. The Kier molecular flexibility index (Phi) is 11.6. The van der Waals surface area contributed by atoms with Crippen molar-refractivity contribution in [2.75, 3.05) is 61.5 Å². The van der Waals surface area contributed by atoms with Crippen molar-refractivity contribution in [2.24, 2.45) is 5.92 Å². The van der Waals surface area contributed by atoms with Crippen LogP contribution >= 0.6 is 23.2 Å². The quantitative estimate of drug-likeness (QED) is 0.462. The largest absolute Gasteiger partial charge is 0.469 e. The van der Waals surface area contributed by atoms with Crippen molar-refractivity contribution >= 4 is 35.1 Å². The third-order valence-corrected chi connectivity index (χ3v) is 5.38. The molecular formula is C21H33Cl2N3O3. The third kappa shape index (κ3) is 9.81. The van der Waals surface area contributed by atoms with Gasteiger partial charge in [-0.15, -0.1) is 0 Å². The fraction of sp³-hybridized carbons (Fsp3) is 0.619. The van der Waals surface area contributed by atoms with Gasteiger partial charge in [-0.3, -0.25) is 9.59 Å². The van der Waals surface area contributed by atoms with Crippen LogP contribution in [0, 0.1) is 5.92 Å². The van der Waals surface area contributed by atoms with Gasteiger partial charge in [-0.25, -0.2) is 0 Å². The standard InChI is InChI=1S/C21H33Cl2N3O3/c1-24(2)10-6-7-17(21(28)29-5)15-26(12-11-25(3)4)20(27)14-16-8-9-18(22)19(23)13-16/h8-9,13,17H,6-7,10-12,14-15H2,1-5H3. The maximum atomic E-state index is 13.0. The summed E-state index contributed by atoms with van der Waals surface area (Å²) < 4.78 is 4.99. The Morgan fingerprint density at radius 1 is 1.00 bits per heavy atom. The predicted octanol–water partition coefficient (Wildman–Crippen LogP) is 3.06. The molecule has 1 aromatic rings. The van der Waals surface area contributed by atoms with Crippen molar-refractivity contribution in [2.45, 2.75) is 19.3 Å². The molecule has 1 aromatic carbocycles. The number of nitrogens with zero attached hydrogens (tertiary/aromatic N) is 3. The molecule has 0 saturated heterocycles. The van der Waals surface area contributed by atoms with E-state index in [4.69, 9.17) is 27.9 Å². The summed E-state index contributed by atoms with van der Waals surface area (Å²) in [4.78, 5) is 31.2. The number of ether oxygens (including phenoxy) is 1. The lowest BCUT2D eigenvalue weighted by atomic mass is 10.0. The summed E-state index contributed by atoms with van der Waals surface area (Å²) in [5.74, 6) is -0.674. The number of carbonyl (C=O) groups is 2. The molecule has 0 fully saturated rings. The molecule has 1 amide bonds. The van der Waals surface area contributed by atoms with Crippen LogP contribution in [0.5, 0.6) is 0 Å². The van der Waals surface area contributed by atoms with Crippen LogP contribution in [-0.4, -0.2) is 88.1 Å². The highest BCUT2D eigenvalue weighted by Crippen LogP contribution is 2.23. The van der Waals surface area contributed by atoms with Crippen molar-refractivity contribution in [3.8, 4) is 0 Å². The zero-order valence-electron chi connectivity index (χ0n) is 18.1. The smallest absolute Gasteiger partial charge is 0.310 e. The van der Waals surface area contributed by atoms with Crippen LogP contribution in [0.2, 0.25) is 10.0 Å². The minimum atomic E-state index is -0.347. The molecule has 0 radical (unpaired) electrons. The number of amides is 1. The highest BCUT2D eigenvalue weighted by Gasteiger charge is 2.25. The topological polar surface area (TPSA) is 53.1 Å². The number of hydrogen-bond donors (Lipinski definition) is 0. The maximum Gasteiger partial charge on any atom is 0.310 e. The van der Waals surface area contributed by atoms with E-state index in [9.17, 15) is 9.59 Å². The van der Waals surface area contributed by atoms with Crippen molar-refractivity contribution in [1.82, 2.24) is 14.7 Å². The molecule has 1 rings (SSSR count). The molecule has 164 valence electrons. The number of likely N-dealkylation sites (N-methyl/N-ethyl adjacent to an activating group) is 1. The molecular weight excluding hydrogens is 413 g/mol. The summed E-state index contributed by atoms with van der Waals surface area (Å²) in [5, 5.41) is 0.881. The average Bonchev–Trinajstić information content (AvgIpc) is 2.65. The Morgan fingerprint density at radius 3 is 2.21 bits per heavy atom. The minimum absolute atomic E-state index is 0.0493. The summed E-state index contributed by atoms with van der Waals surface area (Å²) >= 11 is 12.0. The summed E-state index contributed by atoms with van der Waals surface area (Å²) in [6.07, 6.45) is 1.73. The number of hydrogen-bond acceptors (Lipinski definition) is 5. The van der Waals surface area contributed by atoms with E-state index >= 15 is 0 Å². The highest BCUT2D eigenvalue weighted by molar-refractivity contribution is 6.42. The van der Waals surface area contributed by atoms with Gasteiger partial charge in [-0.05, 0) is 65.3 Å². The average molecular weight is 446 g/mol. The Labute approximate surface area is 184 Å². The normalized spacial score (nSPS) is 12.3. The van der Waals surface area contributed by atoms with Crippen molar-refractivity contribution < 1.29 is 14.3 Å². The van der Waals surface area contributed by atoms with Crippen molar-refractivity contribution in [3.05, 3.63) is 33.8 Å². The van der Waals surface area contributed by atoms with Gasteiger partial charge in [0.15, 0.2) is 0 Å². The van der Waals surface area contributed by atoms with E-state index in [1.54, 1.807) is 23.1 Å². The molecule has 6 nitrogen and oxygen atoms in total. The lowest BCUT2D eigenvalue weighted by Gasteiger charge is -2.28. The first kappa shape index (κ1) is 25.7. The molecule has 0 aromatic heterocycles. The second kappa shape index (κ2) is 13.1. The van der Waals surface area contributed by atoms with Gasteiger partial charge >= 0.3 is 5.97 Å². The van der Waals surface area contributed by atoms with E-state index in [0.29, 0.717) is 36.1 Å². The van der Waals surface area contributed by atoms with Gasteiger partial charge in [0.2, 0.25) is 5.91 Å². The molecule has 0 heterocycles. The number of halogens is 2. The Hall–Kier alpha value is -1.34. The van der Waals surface area contributed by atoms with Gasteiger partial charge in [0.1, 0.15) is 0 Å². The zero-order chi connectivity index (χ0) is 22.0. The molecule has 0 aliphatic carbocycles. The zero-order valence-corrected chi connectivity index (χ0v) is 19.6. The van der Waals surface area contributed by atoms with Crippen LogP contribution in [0.1, 0.15) is 18.4 Å². The predicted molar refractivity (Wildman–Crippen MR) is 119 cm³/mol. The first-order valence-corrected chi connectivity index (χ1v) is 10.5. The van der Waals surface area contributed by atoms with Crippen LogP contribution in [-0.2, 0) is 20.7 Å². The molecule has 0 saturated carbocycles. The van der Waals surface area contributed by atoms with Crippen molar-refractivity contribution in [1.29, 1.82) is 0 Å². The Bertz CT molecular complexity index is 669. The van der Waals surface area contributed by atoms with Crippen LogP contribution in [0.15, 0.2) is 18.2 Å². The lowest BCUT2D eigenvalue weighted by molar-refractivity contribution is -0.147. The van der Waals surface area contributed by atoms with Gasteiger partial charge in [-0.2, -0.15) is 0 Å². The van der Waals surface area contributed by atoms with Gasteiger partial charge < -0.3 is 19.4 Å². The third-order valence-electron chi connectivity index (χ3n) is 4.64. The molecule has 0 bridgehead atoms. The van der Waals surface area contributed by atoms with Crippen LogP contribution < -0.4 is 0 Å². The SMILES string of the molecule is COC(=O)C(CCCN(C)C)CN(CCN(C)C)C(=O)Cc1ccc(Cl)c(Cl)c1. The molecule has 0 aliphatic heterocycles. The van der Waals surface area contributed by atoms with Crippen LogP contribution in [0.4, 0.5) is 0 Å². The number of esters is 1. The van der Waals surface area contributed by atoms with E-state index in [0.717, 1.165) is 18.5 Å². The Morgan fingerprint density at radius 2 is 1.66 bits per heavy atom. The van der Waals surface area contributed by atoms with Gasteiger partial charge in [0.05, 0.1) is 29.5 Å². The highest BCUT2D eigenvalue weighted by atomic mass is 35.5. The second-order valence-corrected chi connectivity index (χ2v) is 8.55. The maximum absolute atomic E-state index is 13.0. The fourth-order valence-electron chi connectivity index (χ4n) is 2.94. The van der Waals surface area contributed by atoms with Gasteiger partial charge in [0.25, 0.3) is 0 Å². The molecule has 1 atom stereocenters. The minimum Gasteiger partial charge on any atom is -0.469 e. The monoisotopic (exact) mass is 445 g/mol. The van der Waals surface area contributed by atoms with Gasteiger partial charge in [-0.1, -0.05) is 29.3 Å². The number of rotatable bonds is 12. The van der Waals surface area contributed by atoms with E-state index < -0.39 is 0 Å². The number of methoxy groups -OCH3 is 1. The molecule has 0 spiro atoms. The van der Waals surface area contributed by atoms with E-state index in [1.165, 1.54) is 7.11 Å². The first-order chi connectivity index (χ1) is 13.6. The molecule has 8 heteroatoms. The first-order valence-electron chi connectivity index (χ1n) is 9.73. The van der Waals surface area contributed by atoms with Crippen LogP contribution in [0.25, 0.3) is 0 Å². The summed E-state index contributed by atoms with van der Waals surface area (Å²) in [6.45, 7) is 2.46. The van der Waals surface area contributed by atoms with E-state index in [-0.39, 0.29) is 24.2 Å². The van der Waals surface area contributed by atoms with E-state index in [1.807, 2.05) is 33.1 Å². The fourth-order valence-corrected chi connectivity index (χ4v) is 3.27. The molecule has 0 aliphatic rings. The lowest BCUT2D eigenvalue weighted by Crippen LogP contribution is -2.42.